The molecule has 0 bridgehead atoms. The molecule has 0 spiro atoms. The molecule has 0 aliphatic heterocycles. The summed E-state index contributed by atoms with van der Waals surface area (Å²) in [5.74, 6) is 0.119. The van der Waals surface area contributed by atoms with E-state index in [1.54, 1.807) is 0 Å². The summed E-state index contributed by atoms with van der Waals surface area (Å²) in [5, 5.41) is 7.51. The maximum absolute atomic E-state index is 2.54. The molecule has 0 radical (unpaired) electrons. The maximum Gasteiger partial charge on any atom is 0.0588 e. The van der Waals surface area contributed by atoms with Crippen LogP contribution in [0.4, 0.5) is 0 Å². The summed E-state index contributed by atoms with van der Waals surface area (Å²) in [6.07, 6.45) is 0. The zero-order valence-electron chi connectivity index (χ0n) is 33.3. The Bertz CT molecular complexity index is 3680. The Labute approximate surface area is 353 Å². The first kappa shape index (κ1) is 34.0. The van der Waals surface area contributed by atoms with E-state index in [4.69, 9.17) is 0 Å². The van der Waals surface area contributed by atoms with Crippen molar-refractivity contribution in [2.75, 3.05) is 0 Å². The molecule has 284 valence electrons. The molecule has 61 heavy (non-hydrogen) atoms. The van der Waals surface area contributed by atoms with Gasteiger partial charge < -0.3 is 9.13 Å². The first-order valence-corrected chi connectivity index (χ1v) is 21.2. The number of aromatic nitrogens is 2. The van der Waals surface area contributed by atoms with Gasteiger partial charge in [0, 0.05) is 38.8 Å². The van der Waals surface area contributed by atoms with Crippen LogP contribution in [0.3, 0.4) is 0 Å². The number of hydrogen-bond acceptors (Lipinski definition) is 0. The molecule has 0 saturated carbocycles. The summed E-state index contributed by atoms with van der Waals surface area (Å²) in [5.41, 5.74) is 18.8. The molecule has 0 fully saturated rings. The Balaban J connectivity index is 1.02. The van der Waals surface area contributed by atoms with Crippen LogP contribution in [0.5, 0.6) is 0 Å². The van der Waals surface area contributed by atoms with E-state index in [2.05, 4.69) is 234 Å². The van der Waals surface area contributed by atoms with E-state index >= 15 is 0 Å². The predicted octanol–water partition coefficient (Wildman–Crippen LogP) is 15.5. The van der Waals surface area contributed by atoms with Gasteiger partial charge in [0.2, 0.25) is 0 Å². The Morgan fingerprint density at radius 1 is 0.311 bits per heavy atom. The van der Waals surface area contributed by atoms with Gasteiger partial charge in [-0.2, -0.15) is 0 Å². The summed E-state index contributed by atoms with van der Waals surface area (Å²) < 4.78 is 4.95. The van der Waals surface area contributed by atoms with E-state index in [0.29, 0.717) is 0 Å². The summed E-state index contributed by atoms with van der Waals surface area (Å²) in [6.45, 7) is 0. The van der Waals surface area contributed by atoms with E-state index in [1.165, 1.54) is 110 Å². The molecule has 2 aromatic heterocycles. The van der Waals surface area contributed by atoms with Gasteiger partial charge >= 0.3 is 0 Å². The quantitative estimate of drug-likeness (QED) is 0.165. The van der Waals surface area contributed by atoms with Crippen LogP contribution in [0.15, 0.2) is 224 Å². The molecule has 2 heteroatoms. The molecule has 1 aliphatic carbocycles. The number of para-hydroxylation sites is 1. The van der Waals surface area contributed by atoms with E-state index in [-0.39, 0.29) is 5.92 Å². The third-order valence-electron chi connectivity index (χ3n) is 13.2. The van der Waals surface area contributed by atoms with Crippen LogP contribution < -0.4 is 0 Å². The van der Waals surface area contributed by atoms with Gasteiger partial charge in [-0.15, -0.1) is 0 Å². The monoisotopic (exact) mass is 774 g/mol. The largest absolute Gasteiger partial charge is 0.309 e. The Hall–Kier alpha value is -7.94. The van der Waals surface area contributed by atoms with Gasteiger partial charge in [-0.25, -0.2) is 0 Å². The second-order valence-corrected chi connectivity index (χ2v) is 16.5. The van der Waals surface area contributed by atoms with Crippen LogP contribution in [-0.4, -0.2) is 9.13 Å². The molecule has 1 aliphatic rings. The van der Waals surface area contributed by atoms with E-state index in [9.17, 15) is 0 Å². The van der Waals surface area contributed by atoms with Crippen molar-refractivity contribution in [2.45, 2.75) is 5.92 Å². The van der Waals surface area contributed by atoms with Crippen LogP contribution in [0, 0.1) is 0 Å². The van der Waals surface area contributed by atoms with E-state index in [1.807, 2.05) is 0 Å². The number of rotatable bonds is 5. The van der Waals surface area contributed by atoms with E-state index < -0.39 is 0 Å². The van der Waals surface area contributed by atoms with Crippen molar-refractivity contribution in [2.24, 2.45) is 0 Å². The minimum Gasteiger partial charge on any atom is -0.309 e. The lowest BCUT2D eigenvalue weighted by Gasteiger charge is -2.18. The first-order valence-electron chi connectivity index (χ1n) is 21.2. The summed E-state index contributed by atoms with van der Waals surface area (Å²) in [6, 6.07) is 83.0. The summed E-state index contributed by atoms with van der Waals surface area (Å²) in [4.78, 5) is 0. The second kappa shape index (κ2) is 13.3. The average Bonchev–Trinajstić information content (AvgIpc) is 3.97. The summed E-state index contributed by atoms with van der Waals surface area (Å²) >= 11 is 0. The van der Waals surface area contributed by atoms with E-state index in [0.717, 1.165) is 5.69 Å². The lowest BCUT2D eigenvalue weighted by atomic mass is 9.88. The zero-order valence-corrected chi connectivity index (χ0v) is 33.3. The van der Waals surface area contributed by atoms with Crippen molar-refractivity contribution in [1.82, 2.24) is 9.13 Å². The highest BCUT2D eigenvalue weighted by atomic mass is 15.0. The predicted molar refractivity (Wildman–Crippen MR) is 256 cm³/mol. The Kier molecular flexibility index (Phi) is 7.40. The fraction of sp³-hybridized carbons (Fsp3) is 0.0169. The molecule has 2 heterocycles. The van der Waals surface area contributed by atoms with Crippen molar-refractivity contribution in [3.8, 4) is 44.8 Å². The van der Waals surface area contributed by atoms with Gasteiger partial charge in [-0.3, -0.25) is 0 Å². The van der Waals surface area contributed by atoms with Gasteiger partial charge in [-0.1, -0.05) is 170 Å². The van der Waals surface area contributed by atoms with Crippen molar-refractivity contribution < 1.29 is 0 Å². The van der Waals surface area contributed by atoms with Crippen molar-refractivity contribution in [1.29, 1.82) is 0 Å². The number of fused-ring (bicyclic) bond motifs is 11. The maximum atomic E-state index is 2.54. The molecule has 2 nitrogen and oxygen atoms in total. The van der Waals surface area contributed by atoms with Gasteiger partial charge in [0.05, 0.1) is 22.1 Å². The Morgan fingerprint density at radius 2 is 0.902 bits per heavy atom. The fourth-order valence-electron chi connectivity index (χ4n) is 10.4. The summed E-state index contributed by atoms with van der Waals surface area (Å²) in [7, 11) is 0. The molecular weight excluding hydrogens is 737 g/mol. The Morgan fingerprint density at radius 3 is 1.70 bits per heavy atom. The molecule has 0 N–H and O–H groups in total. The SMILES string of the molecule is c1ccc(-c2ccc(-n3c4ccccc4c4cc(-c5ccc6c(c5)c5ccc7c(c5n6-c5ccc6ccccc6c5)C(c5ccccc5)c5ccccc5-7)ccc43)cc2)cc1. The second-order valence-electron chi connectivity index (χ2n) is 16.5. The molecule has 0 saturated heterocycles. The van der Waals surface area contributed by atoms with Crippen LogP contribution >= 0.6 is 0 Å². The van der Waals surface area contributed by atoms with Crippen LogP contribution in [-0.2, 0) is 0 Å². The number of hydrogen-bond donors (Lipinski definition) is 0. The number of benzene rings is 10. The van der Waals surface area contributed by atoms with Gasteiger partial charge in [0.1, 0.15) is 0 Å². The molecule has 0 amide bonds. The molecule has 1 atom stereocenters. The molecule has 12 aromatic rings. The van der Waals surface area contributed by atoms with Crippen molar-refractivity contribution in [3.63, 3.8) is 0 Å². The molecule has 13 rings (SSSR count). The lowest BCUT2D eigenvalue weighted by Crippen LogP contribution is -2.03. The average molecular weight is 775 g/mol. The van der Waals surface area contributed by atoms with Crippen molar-refractivity contribution >= 4 is 54.4 Å². The van der Waals surface area contributed by atoms with Crippen LogP contribution in [0.25, 0.3) is 99.1 Å². The normalized spacial score (nSPS) is 13.4. The van der Waals surface area contributed by atoms with Crippen LogP contribution in [0.2, 0.25) is 0 Å². The standard InChI is InChI=1S/C59H38N2/c1-3-13-38(14-4-1)40-23-28-45(29-24-40)60-54-22-12-11-20-48(54)52-36-43(26-33-55(52)60)44-27-34-56-53(37-44)51-32-31-50-47-19-9-10-21-49(47)57(41-16-5-2-6-17-41)58(50)59(51)61(56)46-30-25-39-15-7-8-18-42(39)35-46/h1-37,57H. The van der Waals surface area contributed by atoms with Gasteiger partial charge in [-0.05, 0) is 115 Å². The molecular formula is C59H38N2. The molecule has 10 aromatic carbocycles. The topological polar surface area (TPSA) is 9.86 Å². The highest BCUT2D eigenvalue weighted by Gasteiger charge is 2.33. The first-order chi connectivity index (χ1) is 30.3. The highest BCUT2D eigenvalue weighted by molar-refractivity contribution is 6.15. The number of nitrogens with zero attached hydrogens (tertiary/aromatic N) is 2. The zero-order chi connectivity index (χ0) is 40.0. The van der Waals surface area contributed by atoms with Crippen LogP contribution in [0.1, 0.15) is 22.6 Å². The lowest BCUT2D eigenvalue weighted by molar-refractivity contribution is 1.01. The highest BCUT2D eigenvalue weighted by Crippen LogP contribution is 2.53. The smallest absolute Gasteiger partial charge is 0.0588 e. The third-order valence-corrected chi connectivity index (χ3v) is 13.2. The minimum absolute atomic E-state index is 0.119. The van der Waals surface area contributed by atoms with Crippen molar-refractivity contribution in [3.05, 3.63) is 241 Å². The third kappa shape index (κ3) is 5.16. The van der Waals surface area contributed by atoms with Gasteiger partial charge in [0.25, 0.3) is 0 Å². The molecule has 1 unspecified atom stereocenters. The fourth-order valence-corrected chi connectivity index (χ4v) is 10.4. The van der Waals surface area contributed by atoms with Gasteiger partial charge in [0.15, 0.2) is 0 Å². The minimum atomic E-state index is 0.119.